The molecule has 1 unspecified atom stereocenters. The SMILES string of the molecule is NNC(=O)c1cccc(COC2CCOC2)n1. The maximum atomic E-state index is 11.3. The highest BCUT2D eigenvalue weighted by atomic mass is 16.5. The molecule has 0 aromatic carbocycles. The van der Waals surface area contributed by atoms with Crippen molar-refractivity contribution in [2.45, 2.75) is 19.1 Å². The molecular weight excluding hydrogens is 222 g/mol. The number of nitrogens with two attached hydrogens (primary N) is 1. The molecule has 92 valence electrons. The van der Waals surface area contributed by atoms with Gasteiger partial charge in [-0.05, 0) is 18.6 Å². The number of nitrogens with zero attached hydrogens (tertiary/aromatic N) is 1. The summed E-state index contributed by atoms with van der Waals surface area (Å²) in [6, 6.07) is 5.16. The number of rotatable bonds is 4. The van der Waals surface area contributed by atoms with Crippen LogP contribution in [0.1, 0.15) is 22.6 Å². The molecule has 0 spiro atoms. The number of aromatic nitrogens is 1. The molecule has 1 fully saturated rings. The molecule has 0 saturated carbocycles. The van der Waals surface area contributed by atoms with Gasteiger partial charge in [0.2, 0.25) is 0 Å². The molecule has 6 nitrogen and oxygen atoms in total. The molecule has 0 aliphatic carbocycles. The smallest absolute Gasteiger partial charge is 0.283 e. The van der Waals surface area contributed by atoms with Crippen molar-refractivity contribution in [3.8, 4) is 0 Å². The number of nitrogens with one attached hydrogen (secondary N) is 1. The fourth-order valence-electron chi connectivity index (χ4n) is 1.61. The average Bonchev–Trinajstić information content (AvgIpc) is 2.89. The molecule has 0 bridgehead atoms. The monoisotopic (exact) mass is 237 g/mol. The molecular formula is C11H15N3O3. The number of amides is 1. The van der Waals surface area contributed by atoms with Gasteiger partial charge in [-0.3, -0.25) is 10.2 Å². The van der Waals surface area contributed by atoms with Crippen LogP contribution < -0.4 is 11.3 Å². The van der Waals surface area contributed by atoms with E-state index >= 15 is 0 Å². The zero-order valence-electron chi connectivity index (χ0n) is 9.39. The van der Waals surface area contributed by atoms with Crippen LogP contribution in [-0.4, -0.2) is 30.2 Å². The lowest BCUT2D eigenvalue weighted by Crippen LogP contribution is -2.30. The number of carbonyl (C=O) groups excluding carboxylic acids is 1. The summed E-state index contributed by atoms with van der Waals surface area (Å²) < 4.78 is 10.8. The van der Waals surface area contributed by atoms with Gasteiger partial charge in [0.15, 0.2) is 0 Å². The fraction of sp³-hybridized carbons (Fsp3) is 0.455. The molecule has 0 radical (unpaired) electrons. The second kappa shape index (κ2) is 5.72. The van der Waals surface area contributed by atoms with E-state index in [0.717, 1.165) is 13.0 Å². The first-order chi connectivity index (χ1) is 8.29. The Morgan fingerprint density at radius 1 is 1.65 bits per heavy atom. The molecule has 1 atom stereocenters. The predicted octanol–water partition coefficient (Wildman–Crippen LogP) is -0.00940. The van der Waals surface area contributed by atoms with E-state index in [2.05, 4.69) is 4.98 Å². The molecule has 1 amide bonds. The zero-order valence-corrected chi connectivity index (χ0v) is 9.39. The molecule has 17 heavy (non-hydrogen) atoms. The third kappa shape index (κ3) is 3.23. The molecule has 3 N–H and O–H groups in total. The van der Waals surface area contributed by atoms with Gasteiger partial charge in [0, 0.05) is 6.61 Å². The maximum absolute atomic E-state index is 11.3. The van der Waals surface area contributed by atoms with E-state index < -0.39 is 5.91 Å². The first kappa shape index (κ1) is 12.0. The van der Waals surface area contributed by atoms with Gasteiger partial charge in [-0.1, -0.05) is 6.07 Å². The van der Waals surface area contributed by atoms with Crippen molar-refractivity contribution in [1.82, 2.24) is 10.4 Å². The van der Waals surface area contributed by atoms with Gasteiger partial charge in [0.25, 0.3) is 5.91 Å². The van der Waals surface area contributed by atoms with E-state index in [4.69, 9.17) is 15.3 Å². The highest BCUT2D eigenvalue weighted by Crippen LogP contribution is 2.10. The van der Waals surface area contributed by atoms with Crippen molar-refractivity contribution in [3.63, 3.8) is 0 Å². The highest BCUT2D eigenvalue weighted by Gasteiger charge is 2.16. The lowest BCUT2D eigenvalue weighted by molar-refractivity contribution is 0.0301. The van der Waals surface area contributed by atoms with Crippen molar-refractivity contribution < 1.29 is 14.3 Å². The molecule has 1 aromatic heterocycles. The van der Waals surface area contributed by atoms with Gasteiger partial charge >= 0.3 is 0 Å². The summed E-state index contributed by atoms with van der Waals surface area (Å²) >= 11 is 0. The Labute approximate surface area is 99.1 Å². The second-order valence-electron chi connectivity index (χ2n) is 3.78. The Kier molecular flexibility index (Phi) is 4.03. The summed E-state index contributed by atoms with van der Waals surface area (Å²) in [6.45, 7) is 1.75. The number of hydrogen-bond acceptors (Lipinski definition) is 5. The van der Waals surface area contributed by atoms with Crippen LogP contribution in [0.3, 0.4) is 0 Å². The van der Waals surface area contributed by atoms with Gasteiger partial charge in [-0.2, -0.15) is 0 Å². The summed E-state index contributed by atoms with van der Waals surface area (Å²) in [5.74, 6) is 4.63. The van der Waals surface area contributed by atoms with Crippen LogP contribution in [0.5, 0.6) is 0 Å². The lowest BCUT2D eigenvalue weighted by atomic mass is 10.3. The quantitative estimate of drug-likeness (QED) is 0.437. The van der Waals surface area contributed by atoms with Gasteiger partial charge in [0.05, 0.1) is 25.0 Å². The highest BCUT2D eigenvalue weighted by molar-refractivity contribution is 5.91. The van der Waals surface area contributed by atoms with Crippen LogP contribution in [-0.2, 0) is 16.1 Å². The van der Waals surface area contributed by atoms with E-state index in [1.807, 2.05) is 11.5 Å². The minimum absolute atomic E-state index is 0.129. The fourth-order valence-corrected chi connectivity index (χ4v) is 1.61. The Bertz CT molecular complexity index is 391. The topological polar surface area (TPSA) is 86.5 Å². The Balaban J connectivity index is 1.93. The number of pyridine rings is 1. The van der Waals surface area contributed by atoms with E-state index in [9.17, 15) is 4.79 Å². The Morgan fingerprint density at radius 3 is 3.24 bits per heavy atom. The van der Waals surface area contributed by atoms with E-state index in [1.54, 1.807) is 12.1 Å². The largest absolute Gasteiger partial charge is 0.379 e. The predicted molar refractivity (Wildman–Crippen MR) is 59.9 cm³/mol. The number of nitrogen functional groups attached to an aromatic ring is 1. The van der Waals surface area contributed by atoms with E-state index in [1.165, 1.54) is 0 Å². The van der Waals surface area contributed by atoms with Crippen molar-refractivity contribution in [2.75, 3.05) is 13.2 Å². The third-order valence-corrected chi connectivity index (χ3v) is 2.53. The molecule has 1 saturated heterocycles. The van der Waals surface area contributed by atoms with Gasteiger partial charge in [0.1, 0.15) is 5.69 Å². The van der Waals surface area contributed by atoms with Crippen molar-refractivity contribution in [1.29, 1.82) is 0 Å². The first-order valence-corrected chi connectivity index (χ1v) is 5.46. The Morgan fingerprint density at radius 2 is 2.53 bits per heavy atom. The van der Waals surface area contributed by atoms with Crippen LogP contribution in [0.25, 0.3) is 0 Å². The number of ether oxygens (including phenoxy) is 2. The molecule has 1 aliphatic heterocycles. The Hall–Kier alpha value is -1.50. The van der Waals surface area contributed by atoms with Crippen molar-refractivity contribution in [2.24, 2.45) is 5.84 Å². The third-order valence-electron chi connectivity index (χ3n) is 2.53. The molecule has 1 aromatic rings. The molecule has 2 heterocycles. The molecule has 6 heteroatoms. The summed E-state index contributed by atoms with van der Waals surface area (Å²) in [4.78, 5) is 15.4. The minimum Gasteiger partial charge on any atom is -0.379 e. The van der Waals surface area contributed by atoms with Crippen LogP contribution in [0.15, 0.2) is 18.2 Å². The number of hydrogen-bond donors (Lipinski definition) is 2. The summed E-state index contributed by atoms with van der Waals surface area (Å²) in [5.41, 5.74) is 3.04. The lowest BCUT2D eigenvalue weighted by Gasteiger charge is -2.09. The number of hydrazine groups is 1. The average molecular weight is 237 g/mol. The number of carbonyl (C=O) groups is 1. The van der Waals surface area contributed by atoms with E-state index in [0.29, 0.717) is 18.9 Å². The van der Waals surface area contributed by atoms with Crippen molar-refractivity contribution >= 4 is 5.91 Å². The van der Waals surface area contributed by atoms with Gasteiger partial charge in [-0.25, -0.2) is 10.8 Å². The maximum Gasteiger partial charge on any atom is 0.283 e. The molecule has 1 aliphatic rings. The summed E-state index contributed by atoms with van der Waals surface area (Å²) in [7, 11) is 0. The first-order valence-electron chi connectivity index (χ1n) is 5.46. The van der Waals surface area contributed by atoms with Gasteiger partial charge in [-0.15, -0.1) is 0 Å². The standard InChI is InChI=1S/C11H15N3O3/c12-14-11(15)10-3-1-2-8(13-10)6-17-9-4-5-16-7-9/h1-3,9H,4-7,12H2,(H,14,15). The summed E-state index contributed by atoms with van der Waals surface area (Å²) in [5, 5.41) is 0. The molecule has 2 rings (SSSR count). The van der Waals surface area contributed by atoms with Crippen LogP contribution >= 0.6 is 0 Å². The minimum atomic E-state index is -0.406. The second-order valence-corrected chi connectivity index (χ2v) is 3.78. The van der Waals surface area contributed by atoms with Crippen LogP contribution in [0.4, 0.5) is 0 Å². The zero-order chi connectivity index (χ0) is 12.1. The van der Waals surface area contributed by atoms with Gasteiger partial charge < -0.3 is 9.47 Å². The van der Waals surface area contributed by atoms with Crippen molar-refractivity contribution in [3.05, 3.63) is 29.6 Å². The van der Waals surface area contributed by atoms with Crippen LogP contribution in [0, 0.1) is 0 Å². The summed E-state index contributed by atoms with van der Waals surface area (Å²) in [6.07, 6.45) is 1.03. The normalized spacial score (nSPS) is 19.2. The van der Waals surface area contributed by atoms with Crippen LogP contribution in [0.2, 0.25) is 0 Å². The van der Waals surface area contributed by atoms with E-state index in [-0.39, 0.29) is 11.8 Å².